The zero-order chi connectivity index (χ0) is 32.3. The SMILES string of the molecule is CC(=O)[C@H](Cc1c[nH]c2ccccc12)NC(=O)[C@@H](NC(=O)[C@H](CC(C)C)NC(=O)[C@H](CCC(=O)O)NC(=O)CN)C(C)C. The number of hydrogen-bond donors (Lipinski definition) is 7. The van der Waals surface area contributed by atoms with Crippen molar-refractivity contribution in [3.05, 3.63) is 36.0 Å². The molecule has 0 aliphatic heterocycles. The van der Waals surface area contributed by atoms with Crippen molar-refractivity contribution in [1.29, 1.82) is 0 Å². The van der Waals surface area contributed by atoms with Crippen LogP contribution in [-0.4, -0.2) is 76.2 Å². The van der Waals surface area contributed by atoms with Crippen molar-refractivity contribution in [1.82, 2.24) is 26.3 Å². The smallest absolute Gasteiger partial charge is 0.303 e. The van der Waals surface area contributed by atoms with Crippen LogP contribution in [0.1, 0.15) is 59.4 Å². The zero-order valence-electron chi connectivity index (χ0n) is 25.4. The molecule has 2 aromatic rings. The first-order valence-electron chi connectivity index (χ1n) is 14.4. The van der Waals surface area contributed by atoms with Gasteiger partial charge in [-0.05, 0) is 43.2 Å². The van der Waals surface area contributed by atoms with E-state index in [2.05, 4.69) is 26.3 Å². The number of nitrogens with one attached hydrogen (secondary N) is 5. The highest BCUT2D eigenvalue weighted by molar-refractivity contribution is 5.96. The largest absolute Gasteiger partial charge is 0.481 e. The number of aromatic nitrogens is 1. The van der Waals surface area contributed by atoms with E-state index in [1.807, 2.05) is 38.1 Å². The fourth-order valence-electron chi connectivity index (χ4n) is 4.63. The summed E-state index contributed by atoms with van der Waals surface area (Å²) >= 11 is 0. The third-order valence-corrected chi connectivity index (χ3v) is 6.98. The Morgan fingerprint density at radius 3 is 2.07 bits per heavy atom. The van der Waals surface area contributed by atoms with Crippen molar-refractivity contribution in [3.63, 3.8) is 0 Å². The molecule has 4 amide bonds. The van der Waals surface area contributed by atoms with Gasteiger partial charge in [0.2, 0.25) is 23.6 Å². The first-order chi connectivity index (χ1) is 20.2. The van der Waals surface area contributed by atoms with E-state index >= 15 is 0 Å². The molecule has 1 aromatic carbocycles. The molecular weight excluding hydrogens is 556 g/mol. The molecular formula is C30H44N6O7. The molecule has 0 unspecified atom stereocenters. The first kappa shape index (κ1) is 34.9. The lowest BCUT2D eigenvalue weighted by molar-refractivity contribution is -0.138. The van der Waals surface area contributed by atoms with Gasteiger partial charge in [0.1, 0.15) is 18.1 Å². The summed E-state index contributed by atoms with van der Waals surface area (Å²) in [6, 6.07) is 3.45. The van der Waals surface area contributed by atoms with Crippen LogP contribution in [-0.2, 0) is 35.2 Å². The van der Waals surface area contributed by atoms with Crippen LogP contribution in [0, 0.1) is 11.8 Å². The van der Waals surface area contributed by atoms with Crippen LogP contribution < -0.4 is 27.0 Å². The van der Waals surface area contributed by atoms with Gasteiger partial charge in [0.05, 0.1) is 12.6 Å². The lowest BCUT2D eigenvalue weighted by atomic mass is 9.98. The lowest BCUT2D eigenvalue weighted by Crippen LogP contribution is -2.59. The molecule has 0 fully saturated rings. The second-order valence-electron chi connectivity index (χ2n) is 11.4. The summed E-state index contributed by atoms with van der Waals surface area (Å²) in [6.07, 6.45) is 1.66. The predicted octanol–water partition coefficient (Wildman–Crippen LogP) is 0.764. The minimum absolute atomic E-state index is 0.0447. The fraction of sp³-hybridized carbons (Fsp3) is 0.533. The maximum atomic E-state index is 13.4. The molecule has 2 rings (SSSR count). The number of carboxylic acid groups (broad SMARTS) is 1. The third kappa shape index (κ3) is 10.8. The second kappa shape index (κ2) is 16.4. The average molecular weight is 601 g/mol. The minimum Gasteiger partial charge on any atom is -0.481 e. The van der Waals surface area contributed by atoms with Gasteiger partial charge in [0.25, 0.3) is 0 Å². The highest BCUT2D eigenvalue weighted by Gasteiger charge is 2.32. The summed E-state index contributed by atoms with van der Waals surface area (Å²) in [7, 11) is 0. The number of aliphatic carboxylic acids is 1. The van der Waals surface area contributed by atoms with Crippen molar-refractivity contribution in [3.8, 4) is 0 Å². The number of carboxylic acids is 1. The zero-order valence-corrected chi connectivity index (χ0v) is 25.4. The van der Waals surface area contributed by atoms with E-state index in [1.54, 1.807) is 20.0 Å². The number of hydrogen-bond acceptors (Lipinski definition) is 7. The van der Waals surface area contributed by atoms with E-state index < -0.39 is 66.7 Å². The summed E-state index contributed by atoms with van der Waals surface area (Å²) in [5, 5.41) is 20.5. The maximum absolute atomic E-state index is 13.4. The molecule has 1 heterocycles. The molecule has 8 N–H and O–H groups in total. The number of H-pyrrole nitrogens is 1. The number of carbonyl (C=O) groups is 6. The molecule has 0 radical (unpaired) electrons. The number of para-hydroxylation sites is 1. The van der Waals surface area contributed by atoms with Gasteiger partial charge >= 0.3 is 5.97 Å². The van der Waals surface area contributed by atoms with Gasteiger partial charge < -0.3 is 37.1 Å². The lowest BCUT2D eigenvalue weighted by Gasteiger charge is -2.28. The predicted molar refractivity (Wildman–Crippen MR) is 161 cm³/mol. The fourth-order valence-corrected chi connectivity index (χ4v) is 4.63. The molecule has 13 heteroatoms. The Morgan fingerprint density at radius 1 is 0.860 bits per heavy atom. The van der Waals surface area contributed by atoms with Gasteiger partial charge in [-0.25, -0.2) is 0 Å². The highest BCUT2D eigenvalue weighted by atomic mass is 16.4. The summed E-state index contributed by atoms with van der Waals surface area (Å²) in [5.74, 6) is -4.39. The molecule has 0 saturated heterocycles. The molecule has 13 nitrogen and oxygen atoms in total. The van der Waals surface area contributed by atoms with Crippen LogP contribution in [0.2, 0.25) is 0 Å². The summed E-state index contributed by atoms with van der Waals surface area (Å²) in [4.78, 5) is 78.5. The molecule has 0 spiro atoms. The monoisotopic (exact) mass is 600 g/mol. The summed E-state index contributed by atoms with van der Waals surface area (Å²) < 4.78 is 0. The number of carbonyl (C=O) groups excluding carboxylic acids is 5. The Labute approximate surface area is 251 Å². The van der Waals surface area contributed by atoms with Crippen LogP contribution >= 0.6 is 0 Å². The van der Waals surface area contributed by atoms with Crippen molar-refractivity contribution in [2.75, 3.05) is 6.54 Å². The molecule has 0 aliphatic rings. The number of aromatic amines is 1. The van der Waals surface area contributed by atoms with Gasteiger partial charge in [0.15, 0.2) is 5.78 Å². The Morgan fingerprint density at radius 2 is 1.49 bits per heavy atom. The molecule has 0 bridgehead atoms. The number of rotatable bonds is 17. The summed E-state index contributed by atoms with van der Waals surface area (Å²) in [6.45, 7) is 8.17. The van der Waals surface area contributed by atoms with Gasteiger partial charge in [-0.2, -0.15) is 0 Å². The van der Waals surface area contributed by atoms with Gasteiger partial charge in [-0.3, -0.25) is 28.8 Å². The topological polar surface area (TPSA) is 213 Å². The highest BCUT2D eigenvalue weighted by Crippen LogP contribution is 2.19. The minimum atomic E-state index is -1.22. The Hall–Kier alpha value is -4.26. The number of amides is 4. The molecule has 236 valence electrons. The second-order valence-corrected chi connectivity index (χ2v) is 11.4. The van der Waals surface area contributed by atoms with E-state index in [9.17, 15) is 28.8 Å². The maximum Gasteiger partial charge on any atom is 0.303 e. The number of benzene rings is 1. The van der Waals surface area contributed by atoms with Gasteiger partial charge in [-0.15, -0.1) is 0 Å². The van der Waals surface area contributed by atoms with Crippen molar-refractivity contribution in [2.24, 2.45) is 17.6 Å². The van der Waals surface area contributed by atoms with Crippen LogP contribution in [0.25, 0.3) is 10.9 Å². The molecule has 0 saturated carbocycles. The first-order valence-corrected chi connectivity index (χ1v) is 14.4. The van der Waals surface area contributed by atoms with Crippen molar-refractivity contribution < 1.29 is 33.9 Å². The molecule has 43 heavy (non-hydrogen) atoms. The Balaban J connectivity index is 2.19. The Bertz CT molecular complexity index is 1300. The number of Topliss-reactive ketones (excluding diaryl/α,β-unsaturated/α-hetero) is 1. The third-order valence-electron chi connectivity index (χ3n) is 6.98. The molecule has 0 aliphatic carbocycles. The molecule has 4 atom stereocenters. The van der Waals surface area contributed by atoms with E-state index in [4.69, 9.17) is 10.8 Å². The van der Waals surface area contributed by atoms with Crippen LogP contribution in [0.15, 0.2) is 30.5 Å². The van der Waals surface area contributed by atoms with E-state index in [-0.39, 0.29) is 36.9 Å². The Kier molecular flexibility index (Phi) is 13.3. The normalized spacial score (nSPS) is 14.0. The van der Waals surface area contributed by atoms with E-state index in [0.29, 0.717) is 0 Å². The van der Waals surface area contributed by atoms with E-state index in [0.717, 1.165) is 16.5 Å². The molecule has 1 aromatic heterocycles. The van der Waals surface area contributed by atoms with Gasteiger partial charge in [0, 0.05) is 29.9 Å². The van der Waals surface area contributed by atoms with Crippen LogP contribution in [0.4, 0.5) is 0 Å². The van der Waals surface area contributed by atoms with Crippen molar-refractivity contribution in [2.45, 2.75) is 84.5 Å². The van der Waals surface area contributed by atoms with Crippen LogP contribution in [0.3, 0.4) is 0 Å². The summed E-state index contributed by atoms with van der Waals surface area (Å²) in [5.41, 5.74) is 7.10. The van der Waals surface area contributed by atoms with E-state index in [1.165, 1.54) is 6.92 Å². The van der Waals surface area contributed by atoms with Crippen LogP contribution in [0.5, 0.6) is 0 Å². The average Bonchev–Trinajstić information content (AvgIpc) is 3.34. The number of nitrogens with two attached hydrogens (primary N) is 1. The standard InChI is InChI=1S/C30H44N6O7/c1-16(2)12-24(35-28(41)22(10-11-26(39)40)33-25(38)14-31)29(42)36-27(17(3)4)30(43)34-23(18(5)37)13-19-15-32-21-9-7-6-8-20(19)21/h6-9,15-17,22-24,27,32H,10-14,31H2,1-5H3,(H,33,38)(H,34,43)(H,35,41)(H,36,42)(H,39,40)/t22-,23-,24-,27-/m0/s1. The van der Waals surface area contributed by atoms with Gasteiger partial charge in [-0.1, -0.05) is 45.9 Å². The number of ketones is 1. The quantitative estimate of drug-likeness (QED) is 0.137. The number of fused-ring (bicyclic) bond motifs is 1. The van der Waals surface area contributed by atoms with Crippen molar-refractivity contribution >= 4 is 46.3 Å².